The van der Waals surface area contributed by atoms with Crippen LogP contribution in [0.4, 0.5) is 4.79 Å². The van der Waals surface area contributed by atoms with Crippen LogP contribution in [0.1, 0.15) is 0 Å². The number of amides is 1. The third-order valence-corrected chi connectivity index (χ3v) is 4.72. The van der Waals surface area contributed by atoms with Crippen molar-refractivity contribution >= 4 is 44.6 Å². The second-order valence-corrected chi connectivity index (χ2v) is 7.11. The van der Waals surface area contributed by atoms with E-state index in [-0.39, 0.29) is 18.6 Å². The van der Waals surface area contributed by atoms with E-state index in [4.69, 9.17) is 25.9 Å². The zero-order valence-corrected chi connectivity index (χ0v) is 16.6. The Bertz CT molecular complexity index is 1070. The first-order valence-electron chi connectivity index (χ1n) is 7.96. The van der Waals surface area contributed by atoms with Crippen LogP contribution in [0.25, 0.3) is 22.3 Å². The van der Waals surface area contributed by atoms with E-state index in [1.807, 2.05) is 0 Å². The number of benzene rings is 2. The van der Waals surface area contributed by atoms with Crippen molar-refractivity contribution in [3.63, 3.8) is 0 Å². The van der Waals surface area contributed by atoms with E-state index in [1.54, 1.807) is 36.4 Å². The summed E-state index contributed by atoms with van der Waals surface area (Å²) in [5.74, 6) is 0.771. The summed E-state index contributed by atoms with van der Waals surface area (Å²) in [6, 6.07) is 11.7. The Kier molecular flexibility index (Phi) is 5.72. The minimum Gasteiger partial charge on any atom is -0.491 e. The zero-order valence-electron chi connectivity index (χ0n) is 14.2. The van der Waals surface area contributed by atoms with Crippen LogP contribution in [0.3, 0.4) is 0 Å². The van der Waals surface area contributed by atoms with E-state index in [2.05, 4.69) is 15.9 Å². The summed E-state index contributed by atoms with van der Waals surface area (Å²) in [6.07, 6.45) is -1.04. The molecule has 0 aliphatic heterocycles. The van der Waals surface area contributed by atoms with Crippen LogP contribution < -0.4 is 10.2 Å². The average Bonchev–Trinajstić information content (AvgIpc) is 2.62. The number of fused-ring (bicyclic) bond motifs is 1. The third kappa shape index (κ3) is 4.26. The van der Waals surface area contributed by atoms with Gasteiger partial charge in [0.25, 0.3) is 0 Å². The van der Waals surface area contributed by atoms with Gasteiger partial charge in [-0.2, -0.15) is 0 Å². The summed E-state index contributed by atoms with van der Waals surface area (Å²) in [5.41, 5.74) is 0.657. The van der Waals surface area contributed by atoms with Crippen LogP contribution in [0, 0.1) is 0 Å². The van der Waals surface area contributed by atoms with E-state index in [9.17, 15) is 9.59 Å². The van der Waals surface area contributed by atoms with Crippen molar-refractivity contribution in [2.75, 3.05) is 20.2 Å². The first kappa shape index (κ1) is 19.3. The topological polar surface area (TPSA) is 80.0 Å². The maximum Gasteiger partial charge on any atom is 0.407 e. The molecule has 1 N–H and O–H groups in total. The van der Waals surface area contributed by atoms with Crippen LogP contribution >= 0.6 is 27.5 Å². The number of carboxylic acid groups (broad SMARTS) is 1. The molecule has 0 spiro atoms. The second-order valence-electron chi connectivity index (χ2n) is 5.78. The standard InChI is InChI=1S/C19H15BrClNO5/c1-22(19(24)25)7-8-26-16-9-11(20)5-6-13(16)17-10-15(23)12-3-2-4-14(21)18(12)27-17/h2-6,9-10H,7-8H2,1H3,(H,24,25). The van der Waals surface area contributed by atoms with Crippen molar-refractivity contribution < 1.29 is 19.1 Å². The number of para-hydroxylation sites is 1. The molecule has 0 radical (unpaired) electrons. The van der Waals surface area contributed by atoms with E-state index in [0.717, 1.165) is 9.37 Å². The molecule has 0 bridgehead atoms. The molecular weight excluding hydrogens is 438 g/mol. The van der Waals surface area contributed by atoms with Crippen molar-refractivity contribution in [2.45, 2.75) is 0 Å². The Morgan fingerprint density at radius 2 is 2.07 bits per heavy atom. The highest BCUT2D eigenvalue weighted by Crippen LogP contribution is 2.34. The molecule has 6 nitrogen and oxygen atoms in total. The zero-order chi connectivity index (χ0) is 19.6. The third-order valence-electron chi connectivity index (χ3n) is 3.93. The second kappa shape index (κ2) is 8.02. The highest BCUT2D eigenvalue weighted by Gasteiger charge is 2.14. The Hall–Kier alpha value is -2.51. The van der Waals surface area contributed by atoms with Crippen LogP contribution in [0.5, 0.6) is 5.75 Å². The fraction of sp³-hybridized carbons (Fsp3) is 0.158. The minimum absolute atomic E-state index is 0.144. The van der Waals surface area contributed by atoms with E-state index in [0.29, 0.717) is 33.1 Å². The largest absolute Gasteiger partial charge is 0.491 e. The highest BCUT2D eigenvalue weighted by molar-refractivity contribution is 9.10. The molecule has 0 atom stereocenters. The van der Waals surface area contributed by atoms with Crippen molar-refractivity contribution in [3.8, 4) is 17.1 Å². The first-order valence-corrected chi connectivity index (χ1v) is 9.13. The quantitative estimate of drug-likeness (QED) is 0.598. The van der Waals surface area contributed by atoms with Gasteiger partial charge >= 0.3 is 6.09 Å². The first-order chi connectivity index (χ1) is 12.9. The predicted molar refractivity (Wildman–Crippen MR) is 107 cm³/mol. The summed E-state index contributed by atoms with van der Waals surface area (Å²) in [7, 11) is 1.46. The summed E-state index contributed by atoms with van der Waals surface area (Å²) >= 11 is 9.55. The van der Waals surface area contributed by atoms with E-state index >= 15 is 0 Å². The number of hydrogen-bond donors (Lipinski definition) is 1. The Morgan fingerprint density at radius 3 is 2.81 bits per heavy atom. The maximum atomic E-state index is 12.4. The van der Waals surface area contributed by atoms with E-state index in [1.165, 1.54) is 13.1 Å². The van der Waals surface area contributed by atoms with Crippen LogP contribution in [-0.2, 0) is 0 Å². The normalized spacial score (nSPS) is 10.8. The highest BCUT2D eigenvalue weighted by atomic mass is 79.9. The molecule has 2 aromatic carbocycles. The number of ether oxygens (including phenoxy) is 1. The number of likely N-dealkylation sites (N-methyl/N-ethyl adjacent to an activating group) is 1. The number of rotatable bonds is 5. The molecular formula is C19H15BrClNO5. The number of halogens is 2. The van der Waals surface area contributed by atoms with Gasteiger partial charge in [0.2, 0.25) is 0 Å². The monoisotopic (exact) mass is 451 g/mol. The lowest BCUT2D eigenvalue weighted by molar-refractivity contribution is 0.147. The summed E-state index contributed by atoms with van der Waals surface area (Å²) < 4.78 is 12.4. The Labute approximate surface area is 168 Å². The lowest BCUT2D eigenvalue weighted by atomic mass is 10.1. The smallest absolute Gasteiger partial charge is 0.407 e. The fourth-order valence-corrected chi connectivity index (χ4v) is 3.04. The maximum absolute atomic E-state index is 12.4. The minimum atomic E-state index is -1.04. The SMILES string of the molecule is CN(CCOc1cc(Br)ccc1-c1cc(=O)c2cccc(Cl)c2o1)C(=O)O. The fourth-order valence-electron chi connectivity index (χ4n) is 2.48. The van der Waals surface area contributed by atoms with Gasteiger partial charge in [-0.1, -0.05) is 33.6 Å². The molecule has 0 fully saturated rings. The Balaban J connectivity index is 1.99. The molecule has 27 heavy (non-hydrogen) atoms. The molecule has 0 aliphatic rings. The van der Waals surface area contributed by atoms with Gasteiger partial charge in [0.15, 0.2) is 11.0 Å². The van der Waals surface area contributed by atoms with Crippen molar-refractivity contribution in [2.24, 2.45) is 0 Å². The molecule has 3 rings (SSSR count). The molecule has 0 aliphatic carbocycles. The van der Waals surface area contributed by atoms with Gasteiger partial charge in [-0.15, -0.1) is 0 Å². The molecule has 3 aromatic rings. The average molecular weight is 453 g/mol. The van der Waals surface area contributed by atoms with Crippen LogP contribution in [-0.4, -0.2) is 36.3 Å². The van der Waals surface area contributed by atoms with Crippen molar-refractivity contribution in [1.29, 1.82) is 0 Å². The van der Waals surface area contributed by atoms with Gasteiger partial charge in [-0.3, -0.25) is 4.79 Å². The summed E-state index contributed by atoms with van der Waals surface area (Å²) in [6.45, 7) is 0.333. The van der Waals surface area contributed by atoms with Crippen molar-refractivity contribution in [1.82, 2.24) is 4.90 Å². The molecule has 0 saturated heterocycles. The van der Waals surface area contributed by atoms with Gasteiger partial charge in [-0.05, 0) is 30.3 Å². The van der Waals surface area contributed by atoms with Gasteiger partial charge < -0.3 is 19.2 Å². The number of nitrogens with zero attached hydrogens (tertiary/aromatic N) is 1. The van der Waals surface area contributed by atoms with Crippen LogP contribution in [0.15, 0.2) is 56.1 Å². The number of carbonyl (C=O) groups is 1. The van der Waals surface area contributed by atoms with Crippen molar-refractivity contribution in [3.05, 3.63) is 62.2 Å². The van der Waals surface area contributed by atoms with E-state index < -0.39 is 6.09 Å². The molecule has 0 unspecified atom stereocenters. The molecule has 8 heteroatoms. The molecule has 1 heterocycles. The lowest BCUT2D eigenvalue weighted by Crippen LogP contribution is -2.29. The molecule has 140 valence electrons. The van der Waals surface area contributed by atoms with Gasteiger partial charge in [-0.25, -0.2) is 4.79 Å². The van der Waals surface area contributed by atoms with Gasteiger partial charge in [0, 0.05) is 17.6 Å². The van der Waals surface area contributed by atoms with Gasteiger partial charge in [0.1, 0.15) is 18.1 Å². The Morgan fingerprint density at radius 1 is 1.30 bits per heavy atom. The predicted octanol–water partition coefficient (Wildman–Crippen LogP) is 4.86. The lowest BCUT2D eigenvalue weighted by Gasteiger charge is -2.15. The molecule has 1 amide bonds. The summed E-state index contributed by atoms with van der Waals surface area (Å²) in [5, 5.41) is 9.65. The van der Waals surface area contributed by atoms with Crippen LogP contribution in [0.2, 0.25) is 5.02 Å². The van der Waals surface area contributed by atoms with Gasteiger partial charge in [0.05, 0.1) is 22.5 Å². The number of hydrogen-bond acceptors (Lipinski definition) is 4. The molecule has 0 saturated carbocycles. The molecule has 1 aromatic heterocycles. The summed E-state index contributed by atoms with van der Waals surface area (Å²) in [4.78, 5) is 24.4.